The van der Waals surface area contributed by atoms with Crippen LogP contribution in [0.15, 0.2) is 42.5 Å². The Morgan fingerprint density at radius 3 is 2.29 bits per heavy atom. The molecule has 1 fully saturated rings. The van der Waals surface area contributed by atoms with Gasteiger partial charge in [-0.2, -0.15) is 0 Å². The Balaban J connectivity index is 1.77. The molecule has 0 aliphatic carbocycles. The lowest BCUT2D eigenvalue weighted by Gasteiger charge is -2.25. The third-order valence-corrected chi connectivity index (χ3v) is 5.91. The molecule has 2 N–H and O–H groups in total. The van der Waals surface area contributed by atoms with Crippen LogP contribution < -0.4 is 20.1 Å². The first-order chi connectivity index (χ1) is 16.6. The molecule has 1 saturated heterocycles. The summed E-state index contributed by atoms with van der Waals surface area (Å²) in [6.45, 7) is 9.72. The highest BCUT2D eigenvalue weighted by Gasteiger charge is 2.49. The Morgan fingerprint density at radius 1 is 1.06 bits per heavy atom. The lowest BCUT2D eigenvalue weighted by atomic mass is 9.92. The molecule has 2 unspecified atom stereocenters. The topological polar surface area (TPSA) is 97.0 Å². The maximum Gasteiger partial charge on any atom is 0.325 e. The average Bonchev–Trinajstić information content (AvgIpc) is 3.03. The molecule has 35 heavy (non-hydrogen) atoms. The van der Waals surface area contributed by atoms with Gasteiger partial charge in [0.05, 0.1) is 19.3 Å². The first kappa shape index (κ1) is 26.0. The van der Waals surface area contributed by atoms with Gasteiger partial charge in [0.1, 0.15) is 17.9 Å². The quantitative estimate of drug-likeness (QED) is 0.498. The Kier molecular flexibility index (Phi) is 7.99. The third-order valence-electron chi connectivity index (χ3n) is 5.91. The molecule has 1 aliphatic heterocycles. The number of ether oxygens (including phenoxy) is 2. The first-order valence-electron chi connectivity index (χ1n) is 11.7. The molecule has 8 nitrogen and oxygen atoms in total. The number of urea groups is 1. The molecule has 2 aromatic carbocycles. The molecular formula is C26H32FN3O5. The van der Waals surface area contributed by atoms with Crippen LogP contribution in [-0.4, -0.2) is 42.5 Å². The summed E-state index contributed by atoms with van der Waals surface area (Å²) < 4.78 is 24.7. The molecule has 0 spiro atoms. The zero-order valence-corrected chi connectivity index (χ0v) is 20.7. The van der Waals surface area contributed by atoms with Crippen LogP contribution in [0.25, 0.3) is 0 Å². The van der Waals surface area contributed by atoms with Gasteiger partial charge in [-0.1, -0.05) is 32.0 Å². The van der Waals surface area contributed by atoms with Crippen molar-refractivity contribution in [2.75, 3.05) is 19.8 Å². The summed E-state index contributed by atoms with van der Waals surface area (Å²) in [5, 5.41) is 5.56. The summed E-state index contributed by atoms with van der Waals surface area (Å²) >= 11 is 0. The Hall–Kier alpha value is -3.62. The average molecular weight is 486 g/mol. The number of hydrogen-bond donors (Lipinski definition) is 2. The monoisotopic (exact) mass is 485 g/mol. The molecule has 9 heteroatoms. The van der Waals surface area contributed by atoms with Gasteiger partial charge in [0.25, 0.3) is 5.91 Å². The van der Waals surface area contributed by atoms with Gasteiger partial charge in [-0.15, -0.1) is 0 Å². The molecule has 1 aliphatic rings. The Bertz CT molecular complexity index is 1090. The van der Waals surface area contributed by atoms with Gasteiger partial charge in [-0.3, -0.25) is 14.5 Å². The fraction of sp³-hybridized carbons (Fsp3) is 0.423. The first-order valence-corrected chi connectivity index (χ1v) is 11.7. The van der Waals surface area contributed by atoms with E-state index in [1.54, 1.807) is 6.07 Å². The minimum atomic E-state index is -1.38. The zero-order chi connectivity index (χ0) is 25.8. The van der Waals surface area contributed by atoms with E-state index in [2.05, 4.69) is 10.6 Å². The number of rotatable bonds is 10. The Morgan fingerprint density at radius 2 is 1.69 bits per heavy atom. The number of amides is 4. The van der Waals surface area contributed by atoms with Crippen LogP contribution in [0.2, 0.25) is 0 Å². The molecule has 0 aromatic heterocycles. The highest BCUT2D eigenvalue weighted by atomic mass is 19.1. The van der Waals surface area contributed by atoms with Crippen LogP contribution in [0.5, 0.6) is 11.5 Å². The summed E-state index contributed by atoms with van der Waals surface area (Å²) in [5.74, 6) is -0.305. The second kappa shape index (κ2) is 10.8. The number of nitrogens with one attached hydrogen (secondary N) is 2. The van der Waals surface area contributed by atoms with E-state index in [1.165, 1.54) is 31.2 Å². The van der Waals surface area contributed by atoms with Crippen LogP contribution in [0.1, 0.15) is 51.8 Å². The van der Waals surface area contributed by atoms with Crippen molar-refractivity contribution in [3.05, 3.63) is 59.4 Å². The van der Waals surface area contributed by atoms with E-state index < -0.39 is 35.7 Å². The maximum atomic E-state index is 13.3. The number of hydrogen-bond acceptors (Lipinski definition) is 5. The van der Waals surface area contributed by atoms with Crippen LogP contribution in [-0.2, 0) is 15.1 Å². The van der Waals surface area contributed by atoms with E-state index in [1.807, 2.05) is 39.8 Å². The molecule has 0 radical (unpaired) electrons. The van der Waals surface area contributed by atoms with Gasteiger partial charge in [0.15, 0.2) is 11.5 Å². The van der Waals surface area contributed by atoms with Gasteiger partial charge >= 0.3 is 6.03 Å². The second-order valence-electron chi connectivity index (χ2n) is 8.81. The van der Waals surface area contributed by atoms with E-state index in [9.17, 15) is 18.8 Å². The SMILES string of the molecule is CCOc1ccc(C(NC(=O)CN2C(=O)NC(C)(c3ccc(F)cc3)C2=O)C(C)C)cc1OCC. The standard InChI is InChI=1S/C26H32FN3O5/c1-6-34-20-13-8-17(14-21(20)35-7-2)23(16(3)4)28-22(31)15-30-24(32)26(5,29-25(30)33)18-9-11-19(27)12-10-18/h8-14,16,23H,6-7,15H2,1-5H3,(H,28,31)(H,29,33). The zero-order valence-electron chi connectivity index (χ0n) is 20.7. The lowest BCUT2D eigenvalue weighted by molar-refractivity contribution is -0.135. The van der Waals surface area contributed by atoms with Gasteiger partial charge in [-0.25, -0.2) is 9.18 Å². The highest BCUT2D eigenvalue weighted by Crippen LogP contribution is 2.33. The van der Waals surface area contributed by atoms with Crippen molar-refractivity contribution in [1.29, 1.82) is 0 Å². The van der Waals surface area contributed by atoms with Gasteiger partial charge in [0.2, 0.25) is 5.91 Å². The molecule has 0 saturated carbocycles. The molecule has 188 valence electrons. The number of imide groups is 1. The van der Waals surface area contributed by atoms with Crippen molar-refractivity contribution in [1.82, 2.24) is 15.5 Å². The number of nitrogens with zero attached hydrogens (tertiary/aromatic N) is 1. The van der Waals surface area contributed by atoms with Gasteiger partial charge in [-0.05, 0) is 62.1 Å². The predicted octanol–water partition coefficient (Wildman–Crippen LogP) is 3.90. The largest absolute Gasteiger partial charge is 0.490 e. The van der Waals surface area contributed by atoms with Crippen molar-refractivity contribution in [2.45, 2.75) is 46.2 Å². The predicted molar refractivity (Wildman–Crippen MR) is 128 cm³/mol. The molecule has 2 aromatic rings. The summed E-state index contributed by atoms with van der Waals surface area (Å²) in [5.41, 5.74) is -0.143. The summed E-state index contributed by atoms with van der Waals surface area (Å²) in [6, 6.07) is 9.74. The van der Waals surface area contributed by atoms with E-state index in [-0.39, 0.29) is 12.0 Å². The van der Waals surface area contributed by atoms with Gasteiger partial charge in [0, 0.05) is 0 Å². The molecule has 0 bridgehead atoms. The normalized spacial score (nSPS) is 18.4. The van der Waals surface area contributed by atoms with E-state index >= 15 is 0 Å². The van der Waals surface area contributed by atoms with E-state index in [0.29, 0.717) is 30.3 Å². The van der Waals surface area contributed by atoms with Crippen molar-refractivity contribution in [3.8, 4) is 11.5 Å². The number of carbonyl (C=O) groups is 3. The molecule has 4 amide bonds. The van der Waals surface area contributed by atoms with Crippen LogP contribution in [0.3, 0.4) is 0 Å². The van der Waals surface area contributed by atoms with Crippen LogP contribution in [0, 0.1) is 11.7 Å². The molecule has 1 heterocycles. The van der Waals surface area contributed by atoms with Crippen molar-refractivity contribution in [2.24, 2.45) is 5.92 Å². The van der Waals surface area contributed by atoms with Crippen molar-refractivity contribution >= 4 is 17.8 Å². The highest BCUT2D eigenvalue weighted by molar-refractivity contribution is 6.09. The number of benzene rings is 2. The summed E-state index contributed by atoms with van der Waals surface area (Å²) in [4.78, 5) is 39.5. The fourth-order valence-electron chi connectivity index (χ4n) is 4.08. The summed E-state index contributed by atoms with van der Waals surface area (Å²) in [7, 11) is 0. The molecule has 3 rings (SSSR count). The van der Waals surface area contributed by atoms with E-state index in [0.717, 1.165) is 10.5 Å². The lowest BCUT2D eigenvalue weighted by Crippen LogP contribution is -2.44. The molecular weight excluding hydrogens is 453 g/mol. The van der Waals surface area contributed by atoms with Crippen LogP contribution in [0.4, 0.5) is 9.18 Å². The number of halogens is 1. The smallest absolute Gasteiger partial charge is 0.325 e. The summed E-state index contributed by atoms with van der Waals surface area (Å²) in [6.07, 6.45) is 0. The Labute approximate surface area is 204 Å². The fourth-order valence-corrected chi connectivity index (χ4v) is 4.08. The minimum Gasteiger partial charge on any atom is -0.490 e. The van der Waals surface area contributed by atoms with Crippen molar-refractivity contribution < 1.29 is 28.2 Å². The second-order valence-corrected chi connectivity index (χ2v) is 8.81. The van der Waals surface area contributed by atoms with Gasteiger partial charge < -0.3 is 20.1 Å². The maximum absolute atomic E-state index is 13.3. The minimum absolute atomic E-state index is 0.0129. The number of carbonyl (C=O) groups excluding carboxylic acids is 3. The molecule has 2 atom stereocenters. The van der Waals surface area contributed by atoms with Crippen molar-refractivity contribution in [3.63, 3.8) is 0 Å². The van der Waals surface area contributed by atoms with Crippen LogP contribution >= 0.6 is 0 Å². The van der Waals surface area contributed by atoms with E-state index in [4.69, 9.17) is 9.47 Å². The third kappa shape index (κ3) is 5.55.